The predicted octanol–water partition coefficient (Wildman–Crippen LogP) is 3.40. The molecule has 1 unspecified atom stereocenters. The molecule has 186 valence electrons. The van der Waals surface area contributed by atoms with Crippen molar-refractivity contribution < 1.29 is 24.2 Å². The predicted molar refractivity (Wildman–Crippen MR) is 132 cm³/mol. The number of aliphatic hydroxyl groups is 1. The summed E-state index contributed by atoms with van der Waals surface area (Å²) in [5.74, 6) is -0.777. The largest absolute Gasteiger partial charge is 0.507 e. The van der Waals surface area contributed by atoms with Crippen molar-refractivity contribution in [3.8, 4) is 5.75 Å². The number of aliphatic hydroxyl groups excluding tert-OH is 1. The van der Waals surface area contributed by atoms with Crippen LogP contribution in [-0.4, -0.2) is 77.6 Å². The molecule has 8 nitrogen and oxygen atoms in total. The molecule has 4 rings (SSSR count). The Morgan fingerprint density at radius 1 is 1.11 bits per heavy atom. The third-order valence-corrected chi connectivity index (χ3v) is 6.41. The maximum atomic E-state index is 13.2. The van der Waals surface area contributed by atoms with E-state index in [1.54, 1.807) is 29.4 Å². The molecule has 1 N–H and O–H groups in total. The van der Waals surface area contributed by atoms with Gasteiger partial charge < -0.3 is 19.5 Å². The van der Waals surface area contributed by atoms with Gasteiger partial charge in [-0.05, 0) is 42.7 Å². The van der Waals surface area contributed by atoms with Gasteiger partial charge in [-0.1, -0.05) is 25.5 Å². The number of carbonyl (C=O) groups is 2. The average molecular weight is 480 g/mol. The van der Waals surface area contributed by atoms with Gasteiger partial charge in [-0.15, -0.1) is 0 Å². The van der Waals surface area contributed by atoms with Gasteiger partial charge in [0.2, 0.25) is 0 Å². The molecule has 3 heterocycles. The van der Waals surface area contributed by atoms with E-state index in [0.717, 1.165) is 38.0 Å². The summed E-state index contributed by atoms with van der Waals surface area (Å²) < 4.78 is 11.3. The fraction of sp³-hybridized carbons (Fsp3) is 0.444. The lowest BCUT2D eigenvalue weighted by Crippen LogP contribution is -2.38. The number of carbonyl (C=O) groups excluding carboxylic acids is 2. The molecule has 0 saturated carbocycles. The summed E-state index contributed by atoms with van der Waals surface area (Å²) in [4.78, 5) is 34.2. The summed E-state index contributed by atoms with van der Waals surface area (Å²) in [6.07, 6.45) is 5.77. The summed E-state index contributed by atoms with van der Waals surface area (Å²) in [5, 5.41) is 11.1. The van der Waals surface area contributed by atoms with E-state index in [1.165, 1.54) is 0 Å². The quantitative estimate of drug-likeness (QED) is 0.242. The van der Waals surface area contributed by atoms with Crippen molar-refractivity contribution in [2.24, 2.45) is 0 Å². The van der Waals surface area contributed by atoms with Crippen LogP contribution in [0, 0.1) is 0 Å². The molecule has 0 radical (unpaired) electrons. The van der Waals surface area contributed by atoms with E-state index in [1.807, 2.05) is 24.3 Å². The molecule has 2 saturated heterocycles. The molecule has 2 aromatic rings. The number of ketones is 1. The zero-order valence-corrected chi connectivity index (χ0v) is 20.2. The SMILES string of the molecule is CCCCOc1cccc(C2/C(=C(\O)c3ccncc3)C(=O)C(=O)N2CCCN2CCOCC2)c1. The third kappa shape index (κ3) is 5.89. The fourth-order valence-electron chi connectivity index (χ4n) is 4.52. The highest BCUT2D eigenvalue weighted by Gasteiger charge is 2.46. The monoisotopic (exact) mass is 479 g/mol. The van der Waals surface area contributed by atoms with Gasteiger partial charge in [0, 0.05) is 44.1 Å². The van der Waals surface area contributed by atoms with E-state index in [0.29, 0.717) is 44.1 Å². The van der Waals surface area contributed by atoms with Crippen molar-refractivity contribution in [2.75, 3.05) is 46.0 Å². The topological polar surface area (TPSA) is 92.2 Å². The first-order valence-electron chi connectivity index (χ1n) is 12.3. The average Bonchev–Trinajstić information content (AvgIpc) is 3.15. The molecular weight excluding hydrogens is 446 g/mol. The van der Waals surface area contributed by atoms with Crippen molar-refractivity contribution in [1.82, 2.24) is 14.8 Å². The summed E-state index contributed by atoms with van der Waals surface area (Å²) in [6, 6.07) is 10.0. The maximum absolute atomic E-state index is 13.2. The Balaban J connectivity index is 1.65. The lowest BCUT2D eigenvalue weighted by molar-refractivity contribution is -0.140. The molecule has 0 spiro atoms. The van der Waals surface area contributed by atoms with E-state index < -0.39 is 17.7 Å². The Morgan fingerprint density at radius 2 is 1.89 bits per heavy atom. The summed E-state index contributed by atoms with van der Waals surface area (Å²) in [6.45, 7) is 7.05. The molecule has 2 fully saturated rings. The van der Waals surface area contributed by atoms with Crippen LogP contribution < -0.4 is 4.74 Å². The number of pyridine rings is 1. The van der Waals surface area contributed by atoms with Crippen LogP contribution in [0.1, 0.15) is 43.4 Å². The van der Waals surface area contributed by atoms with E-state index in [2.05, 4.69) is 16.8 Å². The molecule has 1 atom stereocenters. The second-order valence-corrected chi connectivity index (χ2v) is 8.81. The summed E-state index contributed by atoms with van der Waals surface area (Å²) in [7, 11) is 0. The van der Waals surface area contributed by atoms with Crippen molar-refractivity contribution in [1.29, 1.82) is 0 Å². The number of morpholine rings is 1. The van der Waals surface area contributed by atoms with Gasteiger partial charge in [0.1, 0.15) is 11.5 Å². The number of ether oxygens (including phenoxy) is 2. The molecule has 0 bridgehead atoms. The number of rotatable bonds is 10. The Morgan fingerprint density at radius 3 is 2.63 bits per heavy atom. The van der Waals surface area contributed by atoms with Gasteiger partial charge in [-0.25, -0.2) is 0 Å². The number of nitrogens with zero attached hydrogens (tertiary/aromatic N) is 3. The fourth-order valence-corrected chi connectivity index (χ4v) is 4.52. The van der Waals surface area contributed by atoms with Crippen LogP contribution >= 0.6 is 0 Å². The Labute approximate surface area is 206 Å². The molecule has 2 aliphatic rings. The van der Waals surface area contributed by atoms with Crippen LogP contribution in [0.2, 0.25) is 0 Å². The van der Waals surface area contributed by atoms with Gasteiger partial charge in [-0.2, -0.15) is 0 Å². The molecule has 1 aromatic carbocycles. The molecule has 0 aliphatic carbocycles. The first kappa shape index (κ1) is 24.9. The van der Waals surface area contributed by atoms with E-state index in [4.69, 9.17) is 9.47 Å². The Kier molecular flexibility index (Phi) is 8.50. The second kappa shape index (κ2) is 12.0. The van der Waals surface area contributed by atoms with E-state index in [9.17, 15) is 14.7 Å². The minimum atomic E-state index is -0.692. The zero-order chi connectivity index (χ0) is 24.6. The molecule has 1 amide bonds. The molecule has 35 heavy (non-hydrogen) atoms. The van der Waals surface area contributed by atoms with Crippen molar-refractivity contribution >= 4 is 17.4 Å². The van der Waals surface area contributed by atoms with Gasteiger partial charge in [0.05, 0.1) is 31.4 Å². The van der Waals surface area contributed by atoms with Crippen molar-refractivity contribution in [2.45, 2.75) is 32.2 Å². The minimum Gasteiger partial charge on any atom is -0.507 e. The summed E-state index contributed by atoms with van der Waals surface area (Å²) in [5.41, 5.74) is 1.28. The smallest absolute Gasteiger partial charge is 0.295 e. The number of Topliss-reactive ketones (excluding diaryl/α,β-unsaturated/α-hetero) is 1. The standard InChI is InChI=1S/C27H33N3O5/c1-2-3-16-35-22-7-4-6-21(19-22)24-23(25(31)20-8-10-28-11-9-20)26(32)27(33)30(24)13-5-12-29-14-17-34-18-15-29/h4,6-11,19,24,31H,2-3,5,12-18H2,1H3/b25-23+. The number of likely N-dealkylation sites (tertiary alicyclic amines) is 1. The highest BCUT2D eigenvalue weighted by molar-refractivity contribution is 6.46. The number of hydrogen-bond donors (Lipinski definition) is 1. The van der Waals surface area contributed by atoms with Crippen LogP contribution in [-0.2, 0) is 14.3 Å². The molecule has 1 aromatic heterocycles. The van der Waals surface area contributed by atoms with Crippen LogP contribution in [0.4, 0.5) is 0 Å². The van der Waals surface area contributed by atoms with Crippen LogP contribution in [0.25, 0.3) is 5.76 Å². The van der Waals surface area contributed by atoms with Gasteiger partial charge in [-0.3, -0.25) is 19.5 Å². The normalized spacial score (nSPS) is 20.4. The first-order chi connectivity index (χ1) is 17.1. The maximum Gasteiger partial charge on any atom is 0.295 e. The lowest BCUT2D eigenvalue weighted by Gasteiger charge is -2.29. The highest BCUT2D eigenvalue weighted by Crippen LogP contribution is 2.40. The van der Waals surface area contributed by atoms with Crippen molar-refractivity contribution in [3.05, 3.63) is 65.5 Å². The third-order valence-electron chi connectivity index (χ3n) is 6.41. The number of amides is 1. The van der Waals surface area contributed by atoms with Gasteiger partial charge in [0.25, 0.3) is 11.7 Å². The van der Waals surface area contributed by atoms with Gasteiger partial charge in [0.15, 0.2) is 0 Å². The molecular formula is C27H33N3O5. The Bertz CT molecular complexity index is 1050. The second-order valence-electron chi connectivity index (χ2n) is 8.81. The van der Waals surface area contributed by atoms with Crippen molar-refractivity contribution in [3.63, 3.8) is 0 Å². The minimum absolute atomic E-state index is 0.0956. The molecule has 2 aliphatic heterocycles. The zero-order valence-electron chi connectivity index (χ0n) is 20.2. The van der Waals surface area contributed by atoms with Crippen LogP contribution in [0.3, 0.4) is 0 Å². The van der Waals surface area contributed by atoms with Crippen LogP contribution in [0.5, 0.6) is 5.75 Å². The highest BCUT2D eigenvalue weighted by atomic mass is 16.5. The number of unbranched alkanes of at least 4 members (excludes halogenated alkanes) is 1. The van der Waals surface area contributed by atoms with E-state index in [-0.39, 0.29) is 11.3 Å². The summed E-state index contributed by atoms with van der Waals surface area (Å²) >= 11 is 0. The van der Waals surface area contributed by atoms with Crippen LogP contribution in [0.15, 0.2) is 54.4 Å². The Hall–Kier alpha value is -3.23. The van der Waals surface area contributed by atoms with Gasteiger partial charge >= 0.3 is 0 Å². The molecule has 8 heteroatoms. The lowest BCUT2D eigenvalue weighted by atomic mass is 9.95. The number of hydrogen-bond acceptors (Lipinski definition) is 7. The first-order valence-corrected chi connectivity index (χ1v) is 12.3. The van der Waals surface area contributed by atoms with E-state index >= 15 is 0 Å². The number of benzene rings is 1. The number of aromatic nitrogens is 1.